The van der Waals surface area contributed by atoms with Gasteiger partial charge in [0.1, 0.15) is 16.7 Å². The maximum Gasteiger partial charge on any atom is 0.273 e. The number of anilines is 1. The number of hydrogen-bond donors (Lipinski definition) is 2. The number of nitrogens with zero attached hydrogens (tertiary/aromatic N) is 1. The van der Waals surface area contributed by atoms with Gasteiger partial charge < -0.3 is 10.3 Å². The van der Waals surface area contributed by atoms with Crippen LogP contribution in [0.5, 0.6) is 0 Å². The van der Waals surface area contributed by atoms with Crippen LogP contribution in [0.1, 0.15) is 10.5 Å². The highest BCUT2D eigenvalue weighted by molar-refractivity contribution is 14.1. The minimum atomic E-state index is -0.340. The largest absolute Gasteiger partial charge is 0.340 e. The number of pyridine rings is 1. The number of halogens is 3. The van der Waals surface area contributed by atoms with Gasteiger partial charge in [0, 0.05) is 9.77 Å². The predicted octanol–water partition coefficient (Wildman–Crippen LogP) is 3.57. The Morgan fingerprint density at radius 3 is 2.71 bits per heavy atom. The normalized spacial score (nSPS) is 10.3. The number of carbonyl (C=O) groups excluding carboxylic acids is 1. The maximum absolute atomic E-state index is 11.8. The number of H-pyrrole nitrogens is 1. The molecule has 0 aliphatic rings. The molecule has 0 aromatic carbocycles. The van der Waals surface area contributed by atoms with Gasteiger partial charge in [-0.3, -0.25) is 4.79 Å². The van der Waals surface area contributed by atoms with E-state index in [9.17, 15) is 4.79 Å². The Morgan fingerprint density at radius 2 is 2.18 bits per heavy atom. The van der Waals surface area contributed by atoms with Crippen molar-refractivity contribution in [1.29, 1.82) is 0 Å². The van der Waals surface area contributed by atoms with E-state index < -0.39 is 0 Å². The highest BCUT2D eigenvalue weighted by Crippen LogP contribution is 2.22. The lowest BCUT2D eigenvalue weighted by Gasteiger charge is -2.02. The standard InChI is InChI=1S/C10H6Cl2IN3O/c11-6-3-7(15-9(6)12)10(17)16-8-2-1-5(13)4-14-8/h1-4,15H,(H,14,16,17). The minimum Gasteiger partial charge on any atom is -0.340 e. The molecule has 0 fully saturated rings. The second-order valence-electron chi connectivity index (χ2n) is 3.16. The number of hydrogen-bond acceptors (Lipinski definition) is 2. The van der Waals surface area contributed by atoms with Crippen LogP contribution in [0.25, 0.3) is 0 Å². The first kappa shape index (κ1) is 12.7. The SMILES string of the molecule is O=C(Nc1ccc(I)cn1)c1cc(Cl)c(Cl)[nH]1. The number of nitrogens with one attached hydrogen (secondary N) is 2. The molecule has 17 heavy (non-hydrogen) atoms. The topological polar surface area (TPSA) is 57.8 Å². The summed E-state index contributed by atoms with van der Waals surface area (Å²) in [5.41, 5.74) is 0.292. The molecule has 0 aliphatic carbocycles. The van der Waals surface area contributed by atoms with Gasteiger partial charge in [0.25, 0.3) is 5.91 Å². The van der Waals surface area contributed by atoms with Crippen molar-refractivity contribution in [1.82, 2.24) is 9.97 Å². The second-order valence-corrected chi connectivity index (χ2v) is 5.19. The van der Waals surface area contributed by atoms with Gasteiger partial charge in [0.05, 0.1) is 5.02 Å². The predicted molar refractivity (Wildman–Crippen MR) is 75.7 cm³/mol. The molecule has 2 rings (SSSR count). The molecule has 88 valence electrons. The second kappa shape index (κ2) is 5.24. The number of carbonyl (C=O) groups is 1. The summed E-state index contributed by atoms with van der Waals surface area (Å²) in [7, 11) is 0. The highest BCUT2D eigenvalue weighted by Gasteiger charge is 2.11. The number of aromatic amines is 1. The van der Waals surface area contributed by atoms with Crippen molar-refractivity contribution in [2.24, 2.45) is 0 Å². The molecule has 0 spiro atoms. The molecule has 2 aromatic heterocycles. The molecule has 2 heterocycles. The Kier molecular flexibility index (Phi) is 3.90. The Hall–Kier alpha value is -0.790. The van der Waals surface area contributed by atoms with E-state index in [2.05, 4.69) is 37.9 Å². The molecule has 0 saturated heterocycles. The summed E-state index contributed by atoms with van der Waals surface area (Å²) in [5, 5.41) is 3.18. The van der Waals surface area contributed by atoms with Crippen LogP contribution in [0.2, 0.25) is 10.2 Å². The zero-order valence-corrected chi connectivity index (χ0v) is 12.0. The molecular formula is C10H6Cl2IN3O. The van der Waals surface area contributed by atoms with Crippen LogP contribution in [-0.2, 0) is 0 Å². The van der Waals surface area contributed by atoms with E-state index in [-0.39, 0.29) is 11.1 Å². The molecule has 2 N–H and O–H groups in total. The minimum absolute atomic E-state index is 0.243. The van der Waals surface area contributed by atoms with Gasteiger partial charge in [0.2, 0.25) is 0 Å². The van der Waals surface area contributed by atoms with E-state index in [1.807, 2.05) is 6.07 Å². The molecule has 0 radical (unpaired) electrons. The average molecular weight is 382 g/mol. The van der Waals surface area contributed by atoms with Gasteiger partial charge in [-0.05, 0) is 40.8 Å². The third-order valence-electron chi connectivity index (χ3n) is 1.94. The van der Waals surface area contributed by atoms with Crippen molar-refractivity contribution < 1.29 is 4.79 Å². The van der Waals surface area contributed by atoms with E-state index in [0.29, 0.717) is 16.5 Å². The molecule has 7 heteroatoms. The van der Waals surface area contributed by atoms with Gasteiger partial charge in [0.15, 0.2) is 0 Å². The van der Waals surface area contributed by atoms with Crippen LogP contribution in [0.4, 0.5) is 5.82 Å². The fraction of sp³-hybridized carbons (Fsp3) is 0. The molecule has 0 saturated carbocycles. The summed E-state index contributed by atoms with van der Waals surface area (Å²) < 4.78 is 0.992. The Bertz CT molecular complexity index is 534. The van der Waals surface area contributed by atoms with Crippen molar-refractivity contribution >= 4 is 57.5 Å². The molecule has 0 atom stereocenters. The quantitative estimate of drug-likeness (QED) is 0.781. The van der Waals surface area contributed by atoms with E-state index in [0.717, 1.165) is 3.57 Å². The summed E-state index contributed by atoms with van der Waals surface area (Å²) in [6.45, 7) is 0. The molecule has 2 aromatic rings. The van der Waals surface area contributed by atoms with Crippen molar-refractivity contribution in [3.8, 4) is 0 Å². The molecule has 0 bridgehead atoms. The Balaban J connectivity index is 2.14. The van der Waals surface area contributed by atoms with Gasteiger partial charge in [-0.2, -0.15) is 0 Å². The van der Waals surface area contributed by atoms with Crippen LogP contribution < -0.4 is 5.32 Å². The summed E-state index contributed by atoms with van der Waals surface area (Å²) in [4.78, 5) is 18.5. The average Bonchev–Trinajstić information content (AvgIpc) is 2.63. The lowest BCUT2D eigenvalue weighted by Crippen LogP contribution is -2.13. The number of aromatic nitrogens is 2. The summed E-state index contributed by atoms with van der Waals surface area (Å²) in [6, 6.07) is 5.02. The summed E-state index contributed by atoms with van der Waals surface area (Å²) in [6.07, 6.45) is 1.66. The molecular weight excluding hydrogens is 376 g/mol. The lowest BCUT2D eigenvalue weighted by molar-refractivity contribution is 0.102. The first-order valence-corrected chi connectivity index (χ1v) is 6.36. The van der Waals surface area contributed by atoms with E-state index >= 15 is 0 Å². The fourth-order valence-corrected chi connectivity index (χ4v) is 1.79. The zero-order valence-electron chi connectivity index (χ0n) is 8.30. The van der Waals surface area contributed by atoms with E-state index in [4.69, 9.17) is 23.2 Å². The summed E-state index contributed by atoms with van der Waals surface area (Å²) in [5.74, 6) is 0.129. The third-order valence-corrected chi connectivity index (χ3v) is 3.27. The van der Waals surface area contributed by atoms with Gasteiger partial charge in [-0.1, -0.05) is 23.2 Å². The number of amides is 1. The lowest BCUT2D eigenvalue weighted by atomic mass is 10.4. The third kappa shape index (κ3) is 3.11. The smallest absolute Gasteiger partial charge is 0.273 e. The molecule has 0 aliphatic heterocycles. The van der Waals surface area contributed by atoms with Crippen molar-refractivity contribution in [2.75, 3.05) is 5.32 Å². The summed E-state index contributed by atoms with van der Waals surface area (Å²) >= 11 is 13.6. The van der Waals surface area contributed by atoms with Crippen LogP contribution in [0, 0.1) is 3.57 Å². The van der Waals surface area contributed by atoms with Crippen molar-refractivity contribution in [3.05, 3.63) is 43.8 Å². The monoisotopic (exact) mass is 381 g/mol. The van der Waals surface area contributed by atoms with Gasteiger partial charge >= 0.3 is 0 Å². The van der Waals surface area contributed by atoms with Gasteiger partial charge in [-0.15, -0.1) is 0 Å². The molecule has 0 unspecified atom stereocenters. The number of rotatable bonds is 2. The highest BCUT2D eigenvalue weighted by atomic mass is 127. The Morgan fingerprint density at radius 1 is 1.41 bits per heavy atom. The maximum atomic E-state index is 11.8. The van der Waals surface area contributed by atoms with Crippen molar-refractivity contribution in [2.45, 2.75) is 0 Å². The van der Waals surface area contributed by atoms with Crippen LogP contribution >= 0.6 is 45.8 Å². The van der Waals surface area contributed by atoms with Crippen molar-refractivity contribution in [3.63, 3.8) is 0 Å². The zero-order chi connectivity index (χ0) is 12.4. The molecule has 1 amide bonds. The molecule has 4 nitrogen and oxygen atoms in total. The fourth-order valence-electron chi connectivity index (χ4n) is 1.16. The first-order valence-electron chi connectivity index (χ1n) is 4.53. The van der Waals surface area contributed by atoms with Crippen LogP contribution in [0.15, 0.2) is 24.4 Å². The van der Waals surface area contributed by atoms with Crippen LogP contribution in [-0.4, -0.2) is 15.9 Å². The van der Waals surface area contributed by atoms with Crippen LogP contribution in [0.3, 0.4) is 0 Å². The van der Waals surface area contributed by atoms with E-state index in [1.54, 1.807) is 12.3 Å². The van der Waals surface area contributed by atoms with Gasteiger partial charge in [-0.25, -0.2) is 4.98 Å². The Labute approximate surface area is 121 Å². The first-order chi connectivity index (χ1) is 8.06. The van der Waals surface area contributed by atoms with E-state index in [1.165, 1.54) is 6.07 Å².